The summed E-state index contributed by atoms with van der Waals surface area (Å²) in [7, 11) is 0. The second-order valence-electron chi connectivity index (χ2n) is 4.30. The fourth-order valence-corrected chi connectivity index (χ4v) is 1.70. The molecule has 94 valence electrons. The maximum absolute atomic E-state index is 13.5. The second kappa shape index (κ2) is 5.13. The summed E-state index contributed by atoms with van der Waals surface area (Å²) >= 11 is 0. The highest BCUT2D eigenvalue weighted by Crippen LogP contribution is 2.30. The molecule has 1 heterocycles. The summed E-state index contributed by atoms with van der Waals surface area (Å²) in [4.78, 5) is 16.6. The van der Waals surface area contributed by atoms with Crippen molar-refractivity contribution in [1.29, 1.82) is 0 Å². The number of pyridine rings is 1. The Morgan fingerprint density at radius 1 is 1.56 bits per heavy atom. The van der Waals surface area contributed by atoms with Gasteiger partial charge >= 0.3 is 0 Å². The van der Waals surface area contributed by atoms with Gasteiger partial charge in [-0.1, -0.05) is 5.92 Å². The Hall–Kier alpha value is -1.96. The van der Waals surface area contributed by atoms with E-state index in [1.54, 1.807) is 0 Å². The third-order valence-corrected chi connectivity index (χ3v) is 2.82. The molecule has 0 spiro atoms. The first-order valence-electron chi connectivity index (χ1n) is 5.66. The van der Waals surface area contributed by atoms with E-state index in [1.807, 2.05) is 0 Å². The van der Waals surface area contributed by atoms with Crippen LogP contribution in [0.1, 0.15) is 23.2 Å². The number of rotatable bonds is 4. The van der Waals surface area contributed by atoms with Gasteiger partial charge in [0.2, 0.25) is 5.95 Å². The largest absolute Gasteiger partial charge is 0.327 e. The molecule has 0 bridgehead atoms. The first kappa shape index (κ1) is 12.5. The monoisotopic (exact) mass is 250 g/mol. The van der Waals surface area contributed by atoms with Crippen LogP contribution < -0.4 is 0 Å². The number of carbonyl (C=O) groups excluding carboxylic acids is 1. The van der Waals surface area contributed by atoms with E-state index in [1.165, 1.54) is 4.90 Å². The fraction of sp³-hybridized carbons (Fsp3) is 0.385. The molecule has 5 heteroatoms. The minimum Gasteiger partial charge on any atom is -0.327 e. The molecule has 1 aromatic heterocycles. The van der Waals surface area contributed by atoms with E-state index in [0.717, 1.165) is 25.1 Å². The normalized spacial score (nSPS) is 14.1. The average Bonchev–Trinajstić information content (AvgIpc) is 3.15. The highest BCUT2D eigenvalue weighted by atomic mass is 19.2. The SMILES string of the molecule is C#CCN(CC1CC1)C(=O)c1ccnc(F)c1F. The highest BCUT2D eigenvalue weighted by Gasteiger charge is 2.28. The Morgan fingerprint density at radius 2 is 2.28 bits per heavy atom. The predicted molar refractivity (Wildman–Crippen MR) is 61.6 cm³/mol. The lowest BCUT2D eigenvalue weighted by Gasteiger charge is -2.20. The van der Waals surface area contributed by atoms with Crippen molar-refractivity contribution >= 4 is 5.91 Å². The standard InChI is InChI=1S/C13H12F2N2O/c1-2-7-17(8-9-3-4-9)13(18)10-5-6-16-12(15)11(10)14/h1,5-6,9H,3-4,7-8H2. The molecule has 1 aromatic rings. The van der Waals surface area contributed by atoms with Crippen LogP contribution in [0.2, 0.25) is 0 Å². The molecule has 3 nitrogen and oxygen atoms in total. The summed E-state index contributed by atoms with van der Waals surface area (Å²) in [6.07, 6.45) is 8.34. The number of terminal acetylenes is 1. The van der Waals surface area contributed by atoms with E-state index in [9.17, 15) is 13.6 Å². The fourth-order valence-electron chi connectivity index (χ4n) is 1.70. The topological polar surface area (TPSA) is 33.2 Å². The number of hydrogen-bond acceptors (Lipinski definition) is 2. The van der Waals surface area contributed by atoms with Crippen LogP contribution in [0, 0.1) is 30.0 Å². The van der Waals surface area contributed by atoms with E-state index in [-0.39, 0.29) is 12.1 Å². The van der Waals surface area contributed by atoms with Crippen LogP contribution in [0.4, 0.5) is 8.78 Å². The molecular formula is C13H12F2N2O. The van der Waals surface area contributed by atoms with Crippen LogP contribution in [0.5, 0.6) is 0 Å². The Kier molecular flexibility index (Phi) is 3.56. The lowest BCUT2D eigenvalue weighted by Crippen LogP contribution is -2.34. The third-order valence-electron chi connectivity index (χ3n) is 2.82. The van der Waals surface area contributed by atoms with Crippen molar-refractivity contribution in [2.75, 3.05) is 13.1 Å². The Balaban J connectivity index is 2.21. The summed E-state index contributed by atoms with van der Waals surface area (Å²) in [5.41, 5.74) is -0.321. The van der Waals surface area contributed by atoms with Crippen LogP contribution in [0.3, 0.4) is 0 Å². The van der Waals surface area contributed by atoms with Gasteiger partial charge in [0.15, 0.2) is 5.82 Å². The van der Waals surface area contributed by atoms with Crippen LogP contribution in [-0.2, 0) is 0 Å². The minimum atomic E-state index is -1.27. The van der Waals surface area contributed by atoms with Crippen LogP contribution in [0.15, 0.2) is 12.3 Å². The van der Waals surface area contributed by atoms with Crippen molar-refractivity contribution in [2.45, 2.75) is 12.8 Å². The lowest BCUT2D eigenvalue weighted by atomic mass is 10.2. The van der Waals surface area contributed by atoms with Gasteiger partial charge in [0, 0.05) is 12.7 Å². The molecule has 0 atom stereocenters. The lowest BCUT2D eigenvalue weighted by molar-refractivity contribution is 0.0763. The molecule has 0 radical (unpaired) electrons. The molecular weight excluding hydrogens is 238 g/mol. The molecule has 1 amide bonds. The van der Waals surface area contributed by atoms with E-state index in [0.29, 0.717) is 12.5 Å². The maximum Gasteiger partial charge on any atom is 0.257 e. The van der Waals surface area contributed by atoms with E-state index < -0.39 is 17.7 Å². The predicted octanol–water partition coefficient (Wildman–Crippen LogP) is 1.85. The number of aromatic nitrogens is 1. The number of hydrogen-bond donors (Lipinski definition) is 0. The first-order chi connectivity index (χ1) is 8.63. The van der Waals surface area contributed by atoms with Crippen molar-refractivity contribution < 1.29 is 13.6 Å². The van der Waals surface area contributed by atoms with Gasteiger partial charge in [-0.05, 0) is 24.8 Å². The molecule has 0 N–H and O–H groups in total. The molecule has 0 aliphatic heterocycles. The van der Waals surface area contributed by atoms with Gasteiger partial charge in [-0.15, -0.1) is 6.42 Å². The van der Waals surface area contributed by atoms with Gasteiger partial charge in [0.05, 0.1) is 12.1 Å². The second-order valence-corrected chi connectivity index (χ2v) is 4.30. The summed E-state index contributed by atoms with van der Waals surface area (Å²) in [6, 6.07) is 1.16. The van der Waals surface area contributed by atoms with Crippen molar-refractivity contribution in [3.63, 3.8) is 0 Å². The van der Waals surface area contributed by atoms with E-state index in [4.69, 9.17) is 6.42 Å². The maximum atomic E-state index is 13.5. The quantitative estimate of drug-likeness (QED) is 0.603. The van der Waals surface area contributed by atoms with Crippen LogP contribution in [0.25, 0.3) is 0 Å². The van der Waals surface area contributed by atoms with Gasteiger partial charge in [0.25, 0.3) is 5.91 Å². The smallest absolute Gasteiger partial charge is 0.257 e. The molecule has 1 fully saturated rings. The van der Waals surface area contributed by atoms with Gasteiger partial charge in [0.1, 0.15) is 0 Å². The van der Waals surface area contributed by atoms with Crippen molar-refractivity contribution in [2.24, 2.45) is 5.92 Å². The van der Waals surface area contributed by atoms with Crippen molar-refractivity contribution in [3.05, 3.63) is 29.6 Å². The molecule has 1 saturated carbocycles. The van der Waals surface area contributed by atoms with Gasteiger partial charge < -0.3 is 4.90 Å². The minimum absolute atomic E-state index is 0.0959. The number of halogens is 2. The molecule has 1 aliphatic rings. The summed E-state index contributed by atoms with van der Waals surface area (Å²) in [5.74, 6) is -0.290. The van der Waals surface area contributed by atoms with Crippen LogP contribution >= 0.6 is 0 Å². The third kappa shape index (κ3) is 2.65. The molecule has 0 unspecified atom stereocenters. The van der Waals surface area contributed by atoms with E-state index >= 15 is 0 Å². The number of carbonyl (C=O) groups is 1. The zero-order chi connectivity index (χ0) is 13.1. The van der Waals surface area contributed by atoms with E-state index in [2.05, 4.69) is 10.9 Å². The molecule has 18 heavy (non-hydrogen) atoms. The molecule has 0 aromatic carbocycles. The number of amides is 1. The summed E-state index contributed by atoms with van der Waals surface area (Å²) < 4.78 is 26.4. The summed E-state index contributed by atoms with van der Waals surface area (Å²) in [5, 5.41) is 0. The average molecular weight is 250 g/mol. The summed E-state index contributed by atoms with van der Waals surface area (Å²) in [6.45, 7) is 0.588. The van der Waals surface area contributed by atoms with Gasteiger partial charge in [-0.2, -0.15) is 4.39 Å². The Bertz CT molecular complexity index is 506. The van der Waals surface area contributed by atoms with Gasteiger partial charge in [-0.3, -0.25) is 4.79 Å². The zero-order valence-electron chi connectivity index (χ0n) is 9.70. The molecule has 0 saturated heterocycles. The van der Waals surface area contributed by atoms with Gasteiger partial charge in [-0.25, -0.2) is 9.37 Å². The molecule has 2 rings (SSSR count). The first-order valence-corrected chi connectivity index (χ1v) is 5.66. The van der Waals surface area contributed by atoms with Crippen molar-refractivity contribution in [3.8, 4) is 12.3 Å². The van der Waals surface area contributed by atoms with Crippen molar-refractivity contribution in [1.82, 2.24) is 9.88 Å². The van der Waals surface area contributed by atoms with Crippen LogP contribution in [-0.4, -0.2) is 28.9 Å². The highest BCUT2D eigenvalue weighted by molar-refractivity contribution is 5.94. The Morgan fingerprint density at radius 3 is 2.89 bits per heavy atom. The number of nitrogens with zero attached hydrogens (tertiary/aromatic N) is 2. The molecule has 1 aliphatic carbocycles. The zero-order valence-corrected chi connectivity index (χ0v) is 9.70. The Labute approximate surface area is 104 Å².